The van der Waals surface area contributed by atoms with E-state index in [4.69, 9.17) is 25.5 Å². The molecule has 5 rings (SSSR count). The van der Waals surface area contributed by atoms with E-state index in [1.54, 1.807) is 30.2 Å². The van der Waals surface area contributed by atoms with E-state index in [1.807, 2.05) is 24.3 Å². The topological polar surface area (TPSA) is 69.0 Å². The summed E-state index contributed by atoms with van der Waals surface area (Å²) in [5.41, 5.74) is 1.22. The molecule has 1 fully saturated rings. The Morgan fingerprint density at radius 2 is 2.07 bits per heavy atom. The second-order valence-electron chi connectivity index (χ2n) is 7.59. The number of methoxy groups -OCH3 is 1. The van der Waals surface area contributed by atoms with Gasteiger partial charge in [0.1, 0.15) is 11.3 Å². The molecule has 1 amide bonds. The Labute approximate surface area is 177 Å². The van der Waals surface area contributed by atoms with Crippen molar-refractivity contribution in [2.45, 2.75) is 25.0 Å². The van der Waals surface area contributed by atoms with Gasteiger partial charge in [-0.05, 0) is 48.7 Å². The van der Waals surface area contributed by atoms with E-state index in [9.17, 15) is 9.59 Å². The van der Waals surface area contributed by atoms with E-state index in [-0.39, 0.29) is 23.2 Å². The van der Waals surface area contributed by atoms with Gasteiger partial charge in [0.05, 0.1) is 30.2 Å². The van der Waals surface area contributed by atoms with E-state index in [2.05, 4.69) is 0 Å². The molecule has 1 saturated heterocycles. The van der Waals surface area contributed by atoms with Crippen molar-refractivity contribution >= 4 is 28.5 Å². The highest BCUT2D eigenvalue weighted by Gasteiger charge is 2.44. The molecule has 0 radical (unpaired) electrons. The SMILES string of the molecule is COc1cccc(C2c3c(oc4ccc(Cl)cc4c3=O)C(=O)N2CC2CCCO2)c1. The fourth-order valence-corrected chi connectivity index (χ4v) is 4.52. The number of hydrogen-bond donors (Lipinski definition) is 0. The third-order valence-corrected chi connectivity index (χ3v) is 6.00. The molecule has 3 aromatic rings. The maximum Gasteiger partial charge on any atom is 0.291 e. The molecule has 7 heteroatoms. The van der Waals surface area contributed by atoms with Crippen molar-refractivity contribution in [2.75, 3.05) is 20.3 Å². The Hall–Kier alpha value is -2.83. The second-order valence-corrected chi connectivity index (χ2v) is 8.02. The summed E-state index contributed by atoms with van der Waals surface area (Å²) in [7, 11) is 1.58. The summed E-state index contributed by atoms with van der Waals surface area (Å²) in [6, 6.07) is 11.7. The van der Waals surface area contributed by atoms with E-state index < -0.39 is 6.04 Å². The van der Waals surface area contributed by atoms with Gasteiger partial charge in [0.25, 0.3) is 5.91 Å². The highest BCUT2D eigenvalue weighted by molar-refractivity contribution is 6.31. The highest BCUT2D eigenvalue weighted by atomic mass is 35.5. The molecule has 2 aliphatic rings. The van der Waals surface area contributed by atoms with Crippen LogP contribution in [0.3, 0.4) is 0 Å². The standard InChI is InChI=1S/C23H20ClNO5/c1-28-15-5-2-4-13(10-15)20-19-21(26)17-11-14(24)7-8-18(17)30-22(19)23(27)25(20)12-16-6-3-9-29-16/h2,4-5,7-8,10-11,16,20H,3,6,9,12H2,1H3. The summed E-state index contributed by atoms with van der Waals surface area (Å²) < 4.78 is 17.1. The number of carbonyl (C=O) groups excluding carboxylic acids is 1. The Kier molecular flexibility index (Phi) is 4.76. The summed E-state index contributed by atoms with van der Waals surface area (Å²) in [4.78, 5) is 28.5. The van der Waals surface area contributed by atoms with Crippen LogP contribution in [-0.2, 0) is 4.74 Å². The van der Waals surface area contributed by atoms with Crippen molar-refractivity contribution in [1.29, 1.82) is 0 Å². The normalized spacial score (nSPS) is 20.7. The van der Waals surface area contributed by atoms with Crippen LogP contribution in [-0.4, -0.2) is 37.2 Å². The Morgan fingerprint density at radius 1 is 1.20 bits per heavy atom. The van der Waals surface area contributed by atoms with E-state index in [0.717, 1.165) is 18.4 Å². The van der Waals surface area contributed by atoms with Crippen LogP contribution in [0.5, 0.6) is 5.75 Å². The van der Waals surface area contributed by atoms with Crippen LogP contribution >= 0.6 is 11.6 Å². The fourth-order valence-electron chi connectivity index (χ4n) is 4.35. The van der Waals surface area contributed by atoms with Gasteiger partial charge in [0.15, 0.2) is 5.43 Å². The zero-order valence-corrected chi connectivity index (χ0v) is 17.1. The predicted octanol–water partition coefficient (Wildman–Crippen LogP) is 4.18. The summed E-state index contributed by atoms with van der Waals surface area (Å²) in [6.07, 6.45) is 1.78. The third kappa shape index (κ3) is 3.07. The Balaban J connectivity index is 1.71. The van der Waals surface area contributed by atoms with Gasteiger partial charge in [0.2, 0.25) is 5.76 Å². The van der Waals surface area contributed by atoms with Gasteiger partial charge in [-0.1, -0.05) is 23.7 Å². The van der Waals surface area contributed by atoms with Crippen LogP contribution in [0.4, 0.5) is 0 Å². The molecule has 0 bridgehead atoms. The van der Waals surface area contributed by atoms with E-state index in [0.29, 0.717) is 40.5 Å². The number of nitrogens with zero attached hydrogens (tertiary/aromatic N) is 1. The minimum Gasteiger partial charge on any atom is -0.497 e. The van der Waals surface area contributed by atoms with Crippen molar-refractivity contribution in [3.8, 4) is 5.75 Å². The lowest BCUT2D eigenvalue weighted by molar-refractivity contribution is 0.0486. The smallest absolute Gasteiger partial charge is 0.291 e. The highest BCUT2D eigenvalue weighted by Crippen LogP contribution is 2.39. The van der Waals surface area contributed by atoms with Gasteiger partial charge in [-0.2, -0.15) is 0 Å². The van der Waals surface area contributed by atoms with Gasteiger partial charge in [-0.25, -0.2) is 0 Å². The van der Waals surface area contributed by atoms with Gasteiger partial charge in [-0.15, -0.1) is 0 Å². The van der Waals surface area contributed by atoms with Crippen molar-refractivity contribution in [2.24, 2.45) is 0 Å². The molecule has 154 valence electrons. The number of rotatable bonds is 4. The lowest BCUT2D eigenvalue weighted by atomic mass is 9.98. The van der Waals surface area contributed by atoms with Crippen LogP contribution < -0.4 is 10.2 Å². The Morgan fingerprint density at radius 3 is 2.83 bits per heavy atom. The number of halogens is 1. The summed E-state index contributed by atoms with van der Waals surface area (Å²) in [5.74, 6) is 0.432. The number of hydrogen-bond acceptors (Lipinski definition) is 5. The van der Waals surface area contributed by atoms with E-state index in [1.165, 1.54) is 0 Å². The first-order valence-corrected chi connectivity index (χ1v) is 10.3. The predicted molar refractivity (Wildman–Crippen MR) is 112 cm³/mol. The number of amides is 1. The van der Waals surface area contributed by atoms with Crippen LogP contribution in [0.1, 0.15) is 40.6 Å². The quantitative estimate of drug-likeness (QED) is 0.627. The molecule has 2 aromatic carbocycles. The van der Waals surface area contributed by atoms with Crippen LogP contribution in [0.15, 0.2) is 51.7 Å². The number of carbonyl (C=O) groups is 1. The van der Waals surface area contributed by atoms with Crippen LogP contribution in [0.25, 0.3) is 11.0 Å². The van der Waals surface area contributed by atoms with Gasteiger partial charge in [0, 0.05) is 18.2 Å². The van der Waals surface area contributed by atoms with E-state index >= 15 is 0 Å². The molecule has 0 N–H and O–H groups in total. The van der Waals surface area contributed by atoms with Gasteiger partial charge < -0.3 is 18.8 Å². The molecule has 0 aliphatic carbocycles. The fraction of sp³-hybridized carbons (Fsp3) is 0.304. The number of ether oxygens (including phenoxy) is 2. The lowest BCUT2D eigenvalue weighted by Gasteiger charge is -2.27. The minimum absolute atomic E-state index is 0.0599. The zero-order chi connectivity index (χ0) is 20.8. The molecule has 2 unspecified atom stereocenters. The summed E-state index contributed by atoms with van der Waals surface area (Å²) in [5, 5.41) is 0.800. The molecule has 3 heterocycles. The molecule has 2 atom stereocenters. The zero-order valence-electron chi connectivity index (χ0n) is 16.4. The van der Waals surface area contributed by atoms with Crippen LogP contribution in [0, 0.1) is 0 Å². The van der Waals surface area contributed by atoms with Gasteiger partial charge >= 0.3 is 0 Å². The first-order chi connectivity index (χ1) is 14.6. The first kappa shape index (κ1) is 19.2. The Bertz CT molecular complexity index is 1200. The maximum atomic E-state index is 13.5. The molecular formula is C23H20ClNO5. The monoisotopic (exact) mass is 425 g/mol. The lowest BCUT2D eigenvalue weighted by Crippen LogP contribution is -2.36. The largest absolute Gasteiger partial charge is 0.497 e. The number of benzene rings is 2. The average molecular weight is 426 g/mol. The van der Waals surface area contributed by atoms with Crippen molar-refractivity contribution in [3.05, 3.63) is 74.6 Å². The summed E-state index contributed by atoms with van der Waals surface area (Å²) >= 11 is 6.11. The maximum absolute atomic E-state index is 13.5. The minimum atomic E-state index is -0.577. The van der Waals surface area contributed by atoms with Gasteiger partial charge in [-0.3, -0.25) is 9.59 Å². The second kappa shape index (κ2) is 7.45. The third-order valence-electron chi connectivity index (χ3n) is 5.76. The number of fused-ring (bicyclic) bond motifs is 2. The van der Waals surface area contributed by atoms with Crippen molar-refractivity contribution in [3.63, 3.8) is 0 Å². The van der Waals surface area contributed by atoms with Crippen LogP contribution in [0.2, 0.25) is 5.02 Å². The van der Waals surface area contributed by atoms with Crippen molar-refractivity contribution in [1.82, 2.24) is 4.90 Å². The average Bonchev–Trinajstić information content (AvgIpc) is 3.36. The molecule has 0 saturated carbocycles. The molecule has 6 nitrogen and oxygen atoms in total. The molecule has 1 aromatic heterocycles. The molecular weight excluding hydrogens is 406 g/mol. The molecule has 30 heavy (non-hydrogen) atoms. The molecule has 2 aliphatic heterocycles. The molecule has 0 spiro atoms. The van der Waals surface area contributed by atoms with Crippen molar-refractivity contribution < 1.29 is 18.7 Å². The summed E-state index contributed by atoms with van der Waals surface area (Å²) in [6.45, 7) is 1.07. The first-order valence-electron chi connectivity index (χ1n) is 9.89.